The zero-order valence-electron chi connectivity index (χ0n) is 11.7. The monoisotopic (exact) mass is 385 g/mol. The van der Waals surface area contributed by atoms with E-state index in [9.17, 15) is 13.2 Å². The molecule has 1 unspecified atom stereocenters. The first-order valence-corrected chi connectivity index (χ1v) is 7.54. The molecule has 0 saturated carbocycles. The fourth-order valence-corrected chi connectivity index (χ4v) is 2.55. The highest BCUT2D eigenvalue weighted by Crippen LogP contribution is 2.34. The van der Waals surface area contributed by atoms with Crippen molar-refractivity contribution in [1.82, 2.24) is 0 Å². The highest BCUT2D eigenvalue weighted by Gasteiger charge is 2.30. The van der Waals surface area contributed by atoms with E-state index in [2.05, 4.69) is 21.1 Å². The van der Waals surface area contributed by atoms with Crippen LogP contribution in [0.4, 0.5) is 13.2 Å². The van der Waals surface area contributed by atoms with E-state index in [-0.39, 0.29) is 11.9 Å². The molecule has 1 heterocycles. The van der Waals surface area contributed by atoms with E-state index in [4.69, 9.17) is 9.57 Å². The number of ether oxygens (including phenoxy) is 1. The molecule has 0 N–H and O–H groups in total. The summed E-state index contributed by atoms with van der Waals surface area (Å²) in [4.78, 5) is 5.26. The third kappa shape index (κ3) is 3.85. The minimum absolute atomic E-state index is 0.127. The van der Waals surface area contributed by atoms with E-state index < -0.39 is 11.7 Å². The predicted molar refractivity (Wildman–Crippen MR) is 82.8 cm³/mol. The number of benzene rings is 2. The second-order valence-electron chi connectivity index (χ2n) is 4.97. The van der Waals surface area contributed by atoms with Gasteiger partial charge in [0.1, 0.15) is 16.1 Å². The zero-order valence-corrected chi connectivity index (χ0v) is 13.3. The number of hydrogen-bond donors (Lipinski definition) is 0. The number of halogens is 4. The quantitative estimate of drug-likeness (QED) is 0.681. The molecular weight excluding hydrogens is 375 g/mol. The molecule has 2 aromatic rings. The number of rotatable bonds is 3. The lowest BCUT2D eigenvalue weighted by atomic mass is 10.1. The summed E-state index contributed by atoms with van der Waals surface area (Å²) in [5.74, 6) is 0.565. The van der Waals surface area contributed by atoms with Crippen LogP contribution in [-0.2, 0) is 11.0 Å². The van der Waals surface area contributed by atoms with E-state index in [1.54, 1.807) is 18.2 Å². The van der Waals surface area contributed by atoms with Gasteiger partial charge in [0.15, 0.2) is 6.10 Å². The third-order valence-corrected chi connectivity index (χ3v) is 3.73. The average molecular weight is 386 g/mol. The SMILES string of the molecule is FC(F)(F)c1cccc(Oc2cccc(C3CC(Br)=NO3)c2)c1. The van der Waals surface area contributed by atoms with Crippen molar-refractivity contribution in [1.29, 1.82) is 0 Å². The molecule has 3 rings (SSSR count). The Bertz CT molecular complexity index is 746. The molecule has 3 nitrogen and oxygen atoms in total. The lowest BCUT2D eigenvalue weighted by Gasteiger charge is -2.12. The van der Waals surface area contributed by atoms with Crippen LogP contribution in [0.1, 0.15) is 23.7 Å². The lowest BCUT2D eigenvalue weighted by Crippen LogP contribution is -2.04. The summed E-state index contributed by atoms with van der Waals surface area (Å²) < 4.78 is 44.4. The van der Waals surface area contributed by atoms with Crippen molar-refractivity contribution >= 4 is 20.6 Å². The fourth-order valence-electron chi connectivity index (χ4n) is 2.18. The number of alkyl halides is 3. The molecule has 0 amide bonds. The second kappa shape index (κ2) is 6.23. The Morgan fingerprint density at radius 1 is 1.09 bits per heavy atom. The molecule has 2 aromatic carbocycles. The van der Waals surface area contributed by atoms with E-state index in [0.29, 0.717) is 16.8 Å². The summed E-state index contributed by atoms with van der Waals surface area (Å²) >= 11 is 3.26. The van der Waals surface area contributed by atoms with Gasteiger partial charge in [-0.3, -0.25) is 0 Å². The Hall–Kier alpha value is -2.02. The maximum absolute atomic E-state index is 12.7. The van der Waals surface area contributed by atoms with Gasteiger partial charge in [0.2, 0.25) is 0 Å². The molecule has 1 atom stereocenters. The van der Waals surface area contributed by atoms with Crippen LogP contribution in [0.2, 0.25) is 0 Å². The largest absolute Gasteiger partial charge is 0.457 e. The topological polar surface area (TPSA) is 30.8 Å². The smallest absolute Gasteiger partial charge is 0.416 e. The molecule has 0 saturated heterocycles. The molecule has 0 aromatic heterocycles. The van der Waals surface area contributed by atoms with Gasteiger partial charge < -0.3 is 9.57 Å². The van der Waals surface area contributed by atoms with E-state index in [1.165, 1.54) is 12.1 Å². The minimum atomic E-state index is -4.40. The van der Waals surface area contributed by atoms with E-state index >= 15 is 0 Å². The third-order valence-electron chi connectivity index (χ3n) is 3.26. The first-order chi connectivity index (χ1) is 10.9. The predicted octanol–water partition coefficient (Wildman–Crippen LogP) is 5.67. The molecule has 23 heavy (non-hydrogen) atoms. The van der Waals surface area contributed by atoms with Gasteiger partial charge in [-0.2, -0.15) is 13.2 Å². The maximum atomic E-state index is 12.7. The molecule has 0 radical (unpaired) electrons. The molecule has 1 aliphatic rings. The molecular formula is C16H11BrF3NO2. The van der Waals surface area contributed by atoms with Crippen molar-refractivity contribution in [3.8, 4) is 11.5 Å². The van der Waals surface area contributed by atoms with Crippen LogP contribution in [0, 0.1) is 0 Å². The van der Waals surface area contributed by atoms with Crippen LogP contribution in [0.15, 0.2) is 53.7 Å². The van der Waals surface area contributed by atoms with Gasteiger partial charge in [-0.25, -0.2) is 0 Å². The Morgan fingerprint density at radius 3 is 2.43 bits per heavy atom. The first kappa shape index (κ1) is 15.9. The maximum Gasteiger partial charge on any atom is 0.416 e. The molecule has 0 fully saturated rings. The molecule has 0 spiro atoms. The van der Waals surface area contributed by atoms with Gasteiger partial charge in [-0.05, 0) is 51.8 Å². The van der Waals surface area contributed by atoms with Gasteiger partial charge >= 0.3 is 6.18 Å². The molecule has 0 bridgehead atoms. The number of hydrogen-bond acceptors (Lipinski definition) is 3. The minimum Gasteiger partial charge on any atom is -0.457 e. The van der Waals surface area contributed by atoms with E-state index in [0.717, 1.165) is 17.7 Å². The van der Waals surface area contributed by atoms with Crippen LogP contribution in [0.25, 0.3) is 0 Å². The van der Waals surface area contributed by atoms with Crippen LogP contribution in [-0.4, -0.2) is 4.62 Å². The van der Waals surface area contributed by atoms with Crippen molar-refractivity contribution in [2.24, 2.45) is 5.16 Å². The molecule has 0 aliphatic carbocycles. The van der Waals surface area contributed by atoms with Crippen LogP contribution in [0.3, 0.4) is 0 Å². The van der Waals surface area contributed by atoms with Gasteiger partial charge in [0.25, 0.3) is 0 Å². The average Bonchev–Trinajstić information content (AvgIpc) is 2.94. The summed E-state index contributed by atoms with van der Waals surface area (Å²) in [5.41, 5.74) is 0.0929. The fraction of sp³-hybridized carbons (Fsp3) is 0.188. The van der Waals surface area contributed by atoms with Crippen molar-refractivity contribution in [2.45, 2.75) is 18.7 Å². The van der Waals surface area contributed by atoms with Crippen LogP contribution >= 0.6 is 15.9 Å². The van der Waals surface area contributed by atoms with Crippen molar-refractivity contribution in [3.63, 3.8) is 0 Å². The van der Waals surface area contributed by atoms with E-state index in [1.807, 2.05) is 6.07 Å². The second-order valence-corrected chi connectivity index (χ2v) is 5.88. The number of oxime groups is 1. The summed E-state index contributed by atoms with van der Waals surface area (Å²) in [5, 5.41) is 3.81. The molecule has 7 heteroatoms. The lowest BCUT2D eigenvalue weighted by molar-refractivity contribution is -0.137. The Kier molecular flexibility index (Phi) is 4.30. The molecule has 1 aliphatic heterocycles. The van der Waals surface area contributed by atoms with Crippen molar-refractivity contribution < 1.29 is 22.7 Å². The summed E-state index contributed by atoms with van der Waals surface area (Å²) in [6.07, 6.45) is -4.02. The summed E-state index contributed by atoms with van der Waals surface area (Å²) in [7, 11) is 0. The van der Waals surface area contributed by atoms with Crippen molar-refractivity contribution in [3.05, 3.63) is 59.7 Å². The Labute approximate surface area is 138 Å². The summed E-state index contributed by atoms with van der Waals surface area (Å²) in [6.45, 7) is 0. The Balaban J connectivity index is 1.78. The van der Waals surface area contributed by atoms with Gasteiger partial charge in [-0.1, -0.05) is 23.4 Å². The number of nitrogens with zero attached hydrogens (tertiary/aromatic N) is 1. The Morgan fingerprint density at radius 2 is 1.78 bits per heavy atom. The first-order valence-electron chi connectivity index (χ1n) is 6.75. The standard InChI is InChI=1S/C16H11BrF3NO2/c17-15-9-14(23-21-15)10-3-1-5-12(7-10)22-13-6-2-4-11(8-13)16(18,19)20/h1-8,14H,9H2. The normalized spacial score (nSPS) is 17.6. The van der Waals surface area contributed by atoms with Gasteiger partial charge in [-0.15, -0.1) is 0 Å². The summed E-state index contributed by atoms with van der Waals surface area (Å²) in [6, 6.07) is 11.8. The zero-order chi connectivity index (χ0) is 16.4. The highest BCUT2D eigenvalue weighted by atomic mass is 79.9. The van der Waals surface area contributed by atoms with Gasteiger partial charge in [0.05, 0.1) is 5.56 Å². The highest BCUT2D eigenvalue weighted by molar-refractivity contribution is 9.18. The van der Waals surface area contributed by atoms with Crippen LogP contribution < -0.4 is 4.74 Å². The van der Waals surface area contributed by atoms with Crippen LogP contribution in [0.5, 0.6) is 11.5 Å². The molecule has 120 valence electrons. The van der Waals surface area contributed by atoms with Crippen molar-refractivity contribution in [2.75, 3.05) is 0 Å². The van der Waals surface area contributed by atoms with Gasteiger partial charge in [0, 0.05) is 6.42 Å².